The van der Waals surface area contributed by atoms with Crippen LogP contribution in [0.15, 0.2) is 35.2 Å². The van der Waals surface area contributed by atoms with E-state index in [1.807, 2.05) is 36.0 Å². The van der Waals surface area contributed by atoms with Gasteiger partial charge in [0.2, 0.25) is 5.91 Å². The molecule has 0 spiro atoms. The molecule has 0 bridgehead atoms. The highest BCUT2D eigenvalue weighted by atomic mass is 32.2. The van der Waals surface area contributed by atoms with E-state index in [1.54, 1.807) is 6.08 Å². The van der Waals surface area contributed by atoms with Crippen molar-refractivity contribution in [1.82, 2.24) is 5.32 Å². The number of amides is 1. The smallest absolute Gasteiger partial charge is 0.243 e. The largest absolute Gasteiger partial charge is 0.396 e. The Morgan fingerprint density at radius 2 is 2.09 bits per heavy atom. The summed E-state index contributed by atoms with van der Waals surface area (Å²) in [6, 6.07) is 8.16. The lowest BCUT2D eigenvalue weighted by Gasteiger charge is -2.07. The molecule has 0 saturated carbocycles. The van der Waals surface area contributed by atoms with Crippen LogP contribution in [0.3, 0.4) is 0 Å². The fraction of sp³-hybridized carbons (Fsp3) is 0.500. The van der Waals surface area contributed by atoms with Crippen molar-refractivity contribution in [2.24, 2.45) is 5.92 Å². The van der Waals surface area contributed by atoms with Crippen molar-refractivity contribution in [1.29, 1.82) is 0 Å². The number of carbonyl (C=O) groups is 1. The Bertz CT molecular complexity index is 472. The van der Waals surface area contributed by atoms with Crippen LogP contribution < -0.4 is 5.32 Å². The van der Waals surface area contributed by atoms with E-state index in [0.29, 0.717) is 12.5 Å². The van der Waals surface area contributed by atoms with Crippen LogP contribution in [0.5, 0.6) is 0 Å². The summed E-state index contributed by atoms with van der Waals surface area (Å²) in [7, 11) is 0. The van der Waals surface area contributed by atoms with E-state index >= 15 is 0 Å². The number of hydrogen-bond acceptors (Lipinski definition) is 3. The number of carbonyl (C=O) groups excluding carboxylic acids is 1. The molecule has 0 radical (unpaired) electrons. The van der Waals surface area contributed by atoms with Crippen molar-refractivity contribution in [2.75, 3.05) is 18.9 Å². The van der Waals surface area contributed by atoms with E-state index in [-0.39, 0.29) is 12.5 Å². The second-order valence-electron chi connectivity index (χ2n) is 5.62. The van der Waals surface area contributed by atoms with E-state index in [2.05, 4.69) is 25.2 Å². The highest BCUT2D eigenvalue weighted by molar-refractivity contribution is 7.99. The molecule has 3 nitrogen and oxygen atoms in total. The summed E-state index contributed by atoms with van der Waals surface area (Å²) in [5, 5.41) is 11.5. The lowest BCUT2D eigenvalue weighted by Crippen LogP contribution is -2.22. The van der Waals surface area contributed by atoms with Crippen molar-refractivity contribution in [3.05, 3.63) is 35.9 Å². The summed E-state index contributed by atoms with van der Waals surface area (Å²) < 4.78 is 0. The van der Waals surface area contributed by atoms with Gasteiger partial charge >= 0.3 is 0 Å². The highest BCUT2D eigenvalue weighted by Gasteiger charge is 2.02. The molecule has 0 aliphatic heterocycles. The zero-order chi connectivity index (χ0) is 16.2. The topological polar surface area (TPSA) is 49.3 Å². The third-order valence-corrected chi connectivity index (χ3v) is 4.29. The van der Waals surface area contributed by atoms with Gasteiger partial charge in [0.25, 0.3) is 0 Å². The quantitative estimate of drug-likeness (QED) is 0.392. The minimum atomic E-state index is -0.0834. The van der Waals surface area contributed by atoms with Gasteiger partial charge in [-0.1, -0.05) is 32.0 Å². The predicted octanol–water partition coefficient (Wildman–Crippen LogP) is 3.73. The van der Waals surface area contributed by atoms with Gasteiger partial charge in [0.15, 0.2) is 0 Å². The normalized spacial score (nSPS) is 11.3. The first-order valence-electron chi connectivity index (χ1n) is 7.92. The van der Waals surface area contributed by atoms with Gasteiger partial charge in [-0.2, -0.15) is 0 Å². The van der Waals surface area contributed by atoms with Gasteiger partial charge in [-0.25, -0.2) is 0 Å². The summed E-state index contributed by atoms with van der Waals surface area (Å²) in [4.78, 5) is 12.9. The number of aliphatic hydroxyl groups excluding tert-OH is 1. The van der Waals surface area contributed by atoms with Gasteiger partial charge in [0, 0.05) is 24.1 Å². The van der Waals surface area contributed by atoms with E-state index in [1.165, 1.54) is 11.3 Å². The second kappa shape index (κ2) is 11.3. The van der Waals surface area contributed by atoms with Crippen LogP contribution in [-0.4, -0.2) is 29.9 Å². The first-order chi connectivity index (χ1) is 10.6. The van der Waals surface area contributed by atoms with E-state index in [4.69, 9.17) is 5.11 Å². The van der Waals surface area contributed by atoms with Gasteiger partial charge in [-0.05, 0) is 48.6 Å². The molecule has 0 aromatic heterocycles. The van der Waals surface area contributed by atoms with Crippen LogP contribution >= 0.6 is 11.8 Å². The van der Waals surface area contributed by atoms with E-state index in [0.717, 1.165) is 24.2 Å². The molecular weight excluding hydrogens is 294 g/mol. The molecule has 0 aliphatic carbocycles. The molecule has 2 N–H and O–H groups in total. The first kappa shape index (κ1) is 18.8. The van der Waals surface area contributed by atoms with Crippen molar-refractivity contribution < 1.29 is 9.90 Å². The molecule has 0 aliphatic rings. The van der Waals surface area contributed by atoms with E-state index < -0.39 is 0 Å². The first-order valence-corrected chi connectivity index (χ1v) is 8.90. The molecule has 1 amide bonds. The summed E-state index contributed by atoms with van der Waals surface area (Å²) >= 11 is 1.84. The molecule has 0 saturated heterocycles. The lowest BCUT2D eigenvalue weighted by molar-refractivity contribution is -0.116. The second-order valence-corrected chi connectivity index (χ2v) is 6.76. The Kier molecular flexibility index (Phi) is 9.67. The Balaban J connectivity index is 2.49. The van der Waals surface area contributed by atoms with Crippen LogP contribution in [0.4, 0.5) is 0 Å². The van der Waals surface area contributed by atoms with Crippen LogP contribution in [0.1, 0.15) is 38.7 Å². The molecule has 0 heterocycles. The number of aliphatic hydroxyl groups is 1. The highest BCUT2D eigenvalue weighted by Crippen LogP contribution is 2.25. The van der Waals surface area contributed by atoms with Crippen molar-refractivity contribution in [3.8, 4) is 0 Å². The number of rotatable bonds is 10. The Labute approximate surface area is 138 Å². The van der Waals surface area contributed by atoms with Gasteiger partial charge < -0.3 is 10.4 Å². The number of thioether (sulfide) groups is 1. The molecule has 122 valence electrons. The van der Waals surface area contributed by atoms with Crippen molar-refractivity contribution in [2.45, 2.75) is 38.0 Å². The van der Waals surface area contributed by atoms with Gasteiger partial charge in [-0.3, -0.25) is 4.79 Å². The van der Waals surface area contributed by atoms with Crippen molar-refractivity contribution >= 4 is 23.7 Å². The number of hydrogen-bond donors (Lipinski definition) is 2. The van der Waals surface area contributed by atoms with E-state index in [9.17, 15) is 4.79 Å². The van der Waals surface area contributed by atoms with Crippen LogP contribution in [0.2, 0.25) is 0 Å². The van der Waals surface area contributed by atoms with Crippen LogP contribution in [0, 0.1) is 5.92 Å². The summed E-state index contributed by atoms with van der Waals surface area (Å²) in [6.07, 6.45) is 6.17. The zero-order valence-electron chi connectivity index (χ0n) is 13.5. The maximum absolute atomic E-state index is 11.7. The molecule has 1 aromatic rings. The monoisotopic (exact) mass is 321 g/mol. The maximum atomic E-state index is 11.7. The SMILES string of the molecule is CC(C)CCSc1ccccc1C=CC(=O)NCCCCO. The van der Waals surface area contributed by atoms with Gasteiger partial charge in [0.05, 0.1) is 0 Å². The Morgan fingerprint density at radius 1 is 1.32 bits per heavy atom. The van der Waals surface area contributed by atoms with Crippen LogP contribution in [0.25, 0.3) is 6.08 Å². The molecule has 0 atom stereocenters. The zero-order valence-corrected chi connectivity index (χ0v) is 14.4. The predicted molar refractivity (Wildman–Crippen MR) is 95.0 cm³/mol. The Hall–Kier alpha value is -1.26. The molecule has 22 heavy (non-hydrogen) atoms. The Morgan fingerprint density at radius 3 is 2.82 bits per heavy atom. The summed E-state index contributed by atoms with van der Waals surface area (Å²) in [5.41, 5.74) is 1.08. The molecule has 0 fully saturated rings. The maximum Gasteiger partial charge on any atom is 0.243 e. The van der Waals surface area contributed by atoms with Gasteiger partial charge in [-0.15, -0.1) is 11.8 Å². The molecule has 1 rings (SSSR count). The molecule has 4 heteroatoms. The minimum Gasteiger partial charge on any atom is -0.396 e. The van der Waals surface area contributed by atoms with Crippen molar-refractivity contribution in [3.63, 3.8) is 0 Å². The average Bonchev–Trinajstić information content (AvgIpc) is 2.50. The fourth-order valence-corrected chi connectivity index (χ4v) is 3.11. The third-order valence-electron chi connectivity index (χ3n) is 3.17. The number of nitrogens with one attached hydrogen (secondary N) is 1. The average molecular weight is 321 g/mol. The number of unbranched alkanes of at least 4 members (excludes halogenated alkanes) is 1. The molecular formula is C18H27NO2S. The summed E-state index contributed by atoms with van der Waals surface area (Å²) in [6.45, 7) is 5.24. The number of benzene rings is 1. The summed E-state index contributed by atoms with van der Waals surface area (Å²) in [5.74, 6) is 1.72. The van der Waals surface area contributed by atoms with Crippen LogP contribution in [-0.2, 0) is 4.79 Å². The standard InChI is InChI=1S/C18H27NO2S/c1-15(2)11-14-22-17-8-4-3-7-16(17)9-10-18(21)19-12-5-6-13-20/h3-4,7-10,15,20H,5-6,11-14H2,1-2H3,(H,19,21). The molecule has 0 unspecified atom stereocenters. The fourth-order valence-electron chi connectivity index (χ4n) is 1.83. The minimum absolute atomic E-state index is 0.0834. The molecule has 1 aromatic carbocycles. The third kappa shape index (κ3) is 8.25. The van der Waals surface area contributed by atoms with Gasteiger partial charge in [0.1, 0.15) is 0 Å². The lowest BCUT2D eigenvalue weighted by atomic mass is 10.2.